The molecule has 1 aromatic heterocycles. The van der Waals surface area contributed by atoms with Crippen LogP contribution in [-0.2, 0) is 17.6 Å². The minimum atomic E-state index is -0.705. The van der Waals surface area contributed by atoms with Gasteiger partial charge in [-0.05, 0) is 61.8 Å². The number of para-hydroxylation sites is 1. The first-order chi connectivity index (χ1) is 17.9. The number of nitrogens with one attached hydrogen (secondary N) is 3. The van der Waals surface area contributed by atoms with Gasteiger partial charge in [0.1, 0.15) is 6.04 Å². The van der Waals surface area contributed by atoms with E-state index in [9.17, 15) is 9.59 Å². The summed E-state index contributed by atoms with van der Waals surface area (Å²) in [5.41, 5.74) is 3.97. The van der Waals surface area contributed by atoms with Gasteiger partial charge in [0.2, 0.25) is 5.91 Å². The molecule has 1 fully saturated rings. The number of hydrogen-bond acceptors (Lipinski definition) is 4. The molecule has 1 saturated heterocycles. The van der Waals surface area contributed by atoms with Crippen LogP contribution in [-0.4, -0.2) is 86.1 Å². The molecule has 0 radical (unpaired) electrons. The van der Waals surface area contributed by atoms with Crippen molar-refractivity contribution < 1.29 is 9.59 Å². The highest BCUT2D eigenvalue weighted by Crippen LogP contribution is 2.33. The maximum Gasteiger partial charge on any atom is 0.318 e. The molecule has 3 N–H and O–H groups in total. The zero-order valence-corrected chi connectivity index (χ0v) is 22.2. The fourth-order valence-electron chi connectivity index (χ4n) is 5.58. The van der Waals surface area contributed by atoms with Crippen LogP contribution in [0.5, 0.6) is 0 Å². The number of halogens is 1. The van der Waals surface area contributed by atoms with E-state index in [0.29, 0.717) is 31.1 Å². The molecule has 2 aromatic carbocycles. The molecule has 3 amide bonds. The van der Waals surface area contributed by atoms with Crippen molar-refractivity contribution in [2.75, 3.05) is 58.3 Å². The van der Waals surface area contributed by atoms with E-state index < -0.39 is 6.04 Å². The van der Waals surface area contributed by atoms with Gasteiger partial charge in [-0.3, -0.25) is 4.79 Å². The van der Waals surface area contributed by atoms with E-state index in [4.69, 9.17) is 11.6 Å². The van der Waals surface area contributed by atoms with Crippen LogP contribution in [0.25, 0.3) is 10.9 Å². The van der Waals surface area contributed by atoms with E-state index in [-0.39, 0.29) is 17.9 Å². The molecule has 9 heteroatoms. The van der Waals surface area contributed by atoms with Crippen LogP contribution in [0.15, 0.2) is 48.7 Å². The number of hydrogen-bond donors (Lipinski definition) is 3. The Balaban J connectivity index is 1.46. The van der Waals surface area contributed by atoms with Gasteiger partial charge in [-0.1, -0.05) is 29.8 Å². The van der Waals surface area contributed by atoms with Crippen molar-refractivity contribution in [2.24, 2.45) is 5.92 Å². The average Bonchev–Trinajstić information content (AvgIpc) is 3.30. The smallest absolute Gasteiger partial charge is 0.318 e. The quantitative estimate of drug-likeness (QED) is 0.464. The standard InChI is InChI=1S/C28H35ClN6O2/c1-33(2)17-19-13-20-14-22(29)7-8-26(20)35(18-19)27(36)25(32-28(37)34-11-9-30-10-12-34)15-21-16-31-24-6-4-3-5-23(21)24/h3-8,14,16,19,25,30-31H,9-13,15,17-18H2,1-2H3,(H,32,37)/t19-,25+/m0/s1. The van der Waals surface area contributed by atoms with Crippen molar-refractivity contribution >= 4 is 40.1 Å². The first-order valence-corrected chi connectivity index (χ1v) is 13.3. The van der Waals surface area contributed by atoms with Crippen LogP contribution in [0.2, 0.25) is 5.02 Å². The normalized spacial score (nSPS) is 18.6. The minimum absolute atomic E-state index is 0.0965. The van der Waals surface area contributed by atoms with Crippen molar-refractivity contribution in [2.45, 2.75) is 18.9 Å². The first kappa shape index (κ1) is 25.6. The second-order valence-corrected chi connectivity index (χ2v) is 10.8. The van der Waals surface area contributed by atoms with Crippen molar-refractivity contribution in [3.63, 3.8) is 0 Å². The number of fused-ring (bicyclic) bond motifs is 2. The molecule has 3 aromatic rings. The Morgan fingerprint density at radius 1 is 1.16 bits per heavy atom. The van der Waals surface area contributed by atoms with Gasteiger partial charge < -0.3 is 30.3 Å². The van der Waals surface area contributed by atoms with E-state index in [1.807, 2.05) is 67.7 Å². The molecule has 5 rings (SSSR count). The third kappa shape index (κ3) is 5.76. The summed E-state index contributed by atoms with van der Waals surface area (Å²) in [6, 6.07) is 12.9. The second-order valence-electron chi connectivity index (χ2n) is 10.4. The number of amides is 3. The SMILES string of the molecule is CN(C)C[C@@H]1Cc2cc(Cl)ccc2N(C(=O)[C@@H](Cc2c[nH]c3ccccc23)NC(=O)N2CCNCC2)C1. The summed E-state index contributed by atoms with van der Waals surface area (Å²) in [5.74, 6) is 0.170. The van der Waals surface area contributed by atoms with Crippen molar-refractivity contribution in [1.82, 2.24) is 25.4 Å². The summed E-state index contributed by atoms with van der Waals surface area (Å²) in [7, 11) is 4.10. The average molecular weight is 523 g/mol. The van der Waals surface area contributed by atoms with Gasteiger partial charge in [-0.25, -0.2) is 4.79 Å². The molecule has 0 aliphatic carbocycles. The maximum atomic E-state index is 14.3. The lowest BCUT2D eigenvalue weighted by molar-refractivity contribution is -0.120. The zero-order chi connectivity index (χ0) is 25.9. The summed E-state index contributed by atoms with van der Waals surface area (Å²) < 4.78 is 0. The number of benzene rings is 2. The molecule has 2 atom stereocenters. The van der Waals surface area contributed by atoms with Crippen LogP contribution < -0.4 is 15.5 Å². The molecule has 2 aliphatic rings. The van der Waals surface area contributed by atoms with Crippen LogP contribution >= 0.6 is 11.6 Å². The molecule has 8 nitrogen and oxygen atoms in total. The minimum Gasteiger partial charge on any atom is -0.361 e. The van der Waals surface area contributed by atoms with Gasteiger partial charge in [0, 0.05) is 73.5 Å². The monoisotopic (exact) mass is 522 g/mol. The number of carbonyl (C=O) groups is 2. The van der Waals surface area contributed by atoms with Gasteiger partial charge in [-0.15, -0.1) is 0 Å². The van der Waals surface area contributed by atoms with E-state index in [2.05, 4.69) is 20.5 Å². The van der Waals surface area contributed by atoms with Crippen molar-refractivity contribution in [3.05, 3.63) is 64.8 Å². The molecule has 0 bridgehead atoms. The van der Waals surface area contributed by atoms with Crippen LogP contribution in [0.4, 0.5) is 10.5 Å². The summed E-state index contributed by atoms with van der Waals surface area (Å²) in [6.07, 6.45) is 3.21. The number of anilines is 1. The molecule has 0 spiro atoms. The summed E-state index contributed by atoms with van der Waals surface area (Å²) in [5, 5.41) is 8.10. The van der Waals surface area contributed by atoms with E-state index in [1.54, 1.807) is 4.90 Å². The van der Waals surface area contributed by atoms with Gasteiger partial charge >= 0.3 is 6.03 Å². The number of carbonyl (C=O) groups excluding carboxylic acids is 2. The number of piperazine rings is 1. The highest BCUT2D eigenvalue weighted by molar-refractivity contribution is 6.30. The van der Waals surface area contributed by atoms with Crippen molar-refractivity contribution in [3.8, 4) is 0 Å². The molecule has 196 valence electrons. The Hall–Kier alpha value is -3.07. The fourth-order valence-corrected chi connectivity index (χ4v) is 5.77. The first-order valence-electron chi connectivity index (χ1n) is 12.9. The third-order valence-corrected chi connectivity index (χ3v) is 7.51. The van der Waals surface area contributed by atoms with Gasteiger partial charge in [0.15, 0.2) is 0 Å². The molecular weight excluding hydrogens is 488 g/mol. The Bertz CT molecular complexity index is 1270. The number of nitrogens with zero attached hydrogens (tertiary/aromatic N) is 3. The molecule has 0 unspecified atom stereocenters. The Morgan fingerprint density at radius 3 is 2.73 bits per heavy atom. The van der Waals surface area contributed by atoms with Gasteiger partial charge in [0.05, 0.1) is 0 Å². The molecular formula is C28H35ClN6O2. The fraction of sp³-hybridized carbons (Fsp3) is 0.429. The van der Waals surface area contributed by atoms with Crippen LogP contribution in [0, 0.1) is 5.92 Å². The highest BCUT2D eigenvalue weighted by atomic mass is 35.5. The highest BCUT2D eigenvalue weighted by Gasteiger charge is 2.35. The zero-order valence-electron chi connectivity index (χ0n) is 21.5. The van der Waals surface area contributed by atoms with E-state index >= 15 is 0 Å². The second kappa shape index (κ2) is 11.1. The Morgan fingerprint density at radius 2 is 1.95 bits per heavy atom. The summed E-state index contributed by atoms with van der Waals surface area (Å²) in [4.78, 5) is 36.7. The molecule has 2 aliphatic heterocycles. The largest absolute Gasteiger partial charge is 0.361 e. The van der Waals surface area contributed by atoms with E-state index in [0.717, 1.165) is 53.8 Å². The number of aromatic nitrogens is 1. The predicted molar refractivity (Wildman–Crippen MR) is 148 cm³/mol. The Labute approximate surface area is 222 Å². The Kier molecular flexibility index (Phi) is 7.69. The molecule has 0 saturated carbocycles. The summed E-state index contributed by atoms with van der Waals surface area (Å²) >= 11 is 6.34. The van der Waals surface area contributed by atoms with Gasteiger partial charge in [-0.2, -0.15) is 0 Å². The third-order valence-electron chi connectivity index (χ3n) is 7.27. The van der Waals surface area contributed by atoms with E-state index in [1.165, 1.54) is 0 Å². The summed E-state index contributed by atoms with van der Waals surface area (Å²) in [6.45, 7) is 4.20. The predicted octanol–water partition coefficient (Wildman–Crippen LogP) is 3.11. The van der Waals surface area contributed by atoms with Gasteiger partial charge in [0.25, 0.3) is 0 Å². The van der Waals surface area contributed by atoms with Crippen LogP contribution in [0.1, 0.15) is 11.1 Å². The lowest BCUT2D eigenvalue weighted by Gasteiger charge is -2.38. The topological polar surface area (TPSA) is 83.7 Å². The number of aromatic amines is 1. The lowest BCUT2D eigenvalue weighted by Crippen LogP contribution is -2.57. The number of urea groups is 1. The lowest BCUT2D eigenvalue weighted by atomic mass is 9.91. The number of rotatable bonds is 6. The molecule has 3 heterocycles. The van der Waals surface area contributed by atoms with Crippen molar-refractivity contribution in [1.29, 1.82) is 0 Å². The molecule has 37 heavy (non-hydrogen) atoms. The van der Waals surface area contributed by atoms with Crippen LogP contribution in [0.3, 0.4) is 0 Å². The maximum absolute atomic E-state index is 14.3. The number of H-pyrrole nitrogens is 1.